The van der Waals surface area contributed by atoms with E-state index in [1.54, 1.807) is 50.3 Å². The summed E-state index contributed by atoms with van der Waals surface area (Å²) in [6.45, 7) is 3.55. The molecule has 1 aliphatic heterocycles. The molecule has 1 aliphatic rings. The van der Waals surface area contributed by atoms with Gasteiger partial charge >= 0.3 is 0 Å². The number of benzene rings is 3. The standard InChI is InChI=1S/C33H41N3O6S/c1-25(33(38)34-20-19-27-13-17-30(41-2)31(23-27)42-3)36(24-28-9-5-4-6-10-28)32(37)18-14-26-11-15-29(16-12-26)43(39,40)35-21-7-8-22-35/h4-6,9-13,15-17,23,25H,7-8,14,18-22,24H2,1-3H3,(H,34,38)/t25-/m0/s1. The summed E-state index contributed by atoms with van der Waals surface area (Å²) in [7, 11) is -0.321. The van der Waals surface area contributed by atoms with Crippen LogP contribution in [0.15, 0.2) is 77.7 Å². The van der Waals surface area contributed by atoms with E-state index in [0.717, 1.165) is 29.5 Å². The van der Waals surface area contributed by atoms with E-state index in [9.17, 15) is 18.0 Å². The molecule has 2 amide bonds. The topological polar surface area (TPSA) is 105 Å². The highest BCUT2D eigenvalue weighted by molar-refractivity contribution is 7.89. The minimum atomic E-state index is -3.49. The van der Waals surface area contributed by atoms with Crippen molar-refractivity contribution >= 4 is 21.8 Å². The molecule has 1 N–H and O–H groups in total. The van der Waals surface area contributed by atoms with Crippen LogP contribution in [-0.4, -0.2) is 69.3 Å². The number of methoxy groups -OCH3 is 2. The van der Waals surface area contributed by atoms with Crippen LogP contribution in [0.25, 0.3) is 0 Å². The molecule has 10 heteroatoms. The first-order chi connectivity index (χ1) is 20.7. The monoisotopic (exact) mass is 607 g/mol. The van der Waals surface area contributed by atoms with E-state index in [4.69, 9.17) is 9.47 Å². The molecule has 1 saturated heterocycles. The molecule has 43 heavy (non-hydrogen) atoms. The number of nitrogens with one attached hydrogen (secondary N) is 1. The highest BCUT2D eigenvalue weighted by Crippen LogP contribution is 2.27. The Bertz CT molecular complexity index is 1470. The van der Waals surface area contributed by atoms with Crippen molar-refractivity contribution in [2.24, 2.45) is 0 Å². The van der Waals surface area contributed by atoms with Gasteiger partial charge in [0.15, 0.2) is 11.5 Å². The van der Waals surface area contributed by atoms with Gasteiger partial charge in [-0.2, -0.15) is 4.31 Å². The summed E-state index contributed by atoms with van der Waals surface area (Å²) in [5.74, 6) is 0.880. The number of nitrogens with zero attached hydrogens (tertiary/aromatic N) is 2. The molecular weight excluding hydrogens is 566 g/mol. The van der Waals surface area contributed by atoms with Crippen molar-refractivity contribution in [3.8, 4) is 11.5 Å². The SMILES string of the molecule is COc1ccc(CCNC(=O)[C@H](C)N(Cc2ccccc2)C(=O)CCc2ccc(S(=O)(=O)N3CCCC3)cc2)cc1OC. The number of hydrogen-bond donors (Lipinski definition) is 1. The maximum atomic E-state index is 13.5. The van der Waals surface area contributed by atoms with Gasteiger partial charge in [0.05, 0.1) is 19.1 Å². The van der Waals surface area contributed by atoms with Gasteiger partial charge in [-0.25, -0.2) is 8.42 Å². The molecule has 9 nitrogen and oxygen atoms in total. The molecule has 1 atom stereocenters. The van der Waals surface area contributed by atoms with Crippen LogP contribution in [0.2, 0.25) is 0 Å². The second kappa shape index (κ2) is 15.0. The molecule has 0 unspecified atom stereocenters. The molecule has 1 fully saturated rings. The first-order valence-electron chi connectivity index (χ1n) is 14.6. The Hall–Kier alpha value is -3.89. The Labute approximate surface area is 254 Å². The van der Waals surface area contributed by atoms with E-state index in [1.165, 1.54) is 4.31 Å². The van der Waals surface area contributed by atoms with Crippen molar-refractivity contribution < 1.29 is 27.5 Å². The summed E-state index contributed by atoms with van der Waals surface area (Å²) in [5.41, 5.74) is 2.78. The Morgan fingerprint density at radius 1 is 0.860 bits per heavy atom. The predicted molar refractivity (Wildman–Crippen MR) is 165 cm³/mol. The number of aryl methyl sites for hydroxylation is 1. The Balaban J connectivity index is 1.38. The van der Waals surface area contributed by atoms with Crippen molar-refractivity contribution in [1.29, 1.82) is 0 Å². The van der Waals surface area contributed by atoms with Gasteiger partial charge in [-0.15, -0.1) is 0 Å². The normalized spacial score (nSPS) is 14.2. The van der Waals surface area contributed by atoms with Crippen LogP contribution < -0.4 is 14.8 Å². The minimum absolute atomic E-state index is 0.153. The smallest absolute Gasteiger partial charge is 0.243 e. The number of carbonyl (C=O) groups excluding carboxylic acids is 2. The fraction of sp³-hybridized carbons (Fsp3) is 0.394. The molecule has 3 aromatic rings. The molecule has 0 aromatic heterocycles. The highest BCUT2D eigenvalue weighted by Gasteiger charge is 2.28. The molecule has 0 aliphatic carbocycles. The third kappa shape index (κ3) is 8.36. The third-order valence-electron chi connectivity index (χ3n) is 7.78. The lowest BCUT2D eigenvalue weighted by Gasteiger charge is -2.29. The van der Waals surface area contributed by atoms with Gasteiger partial charge in [0.25, 0.3) is 0 Å². The van der Waals surface area contributed by atoms with Gasteiger partial charge in [0.2, 0.25) is 21.8 Å². The quantitative estimate of drug-likeness (QED) is 0.295. The molecule has 3 aromatic carbocycles. The molecule has 0 spiro atoms. The zero-order valence-corrected chi connectivity index (χ0v) is 25.9. The predicted octanol–water partition coefficient (Wildman–Crippen LogP) is 4.20. The van der Waals surface area contributed by atoms with Crippen molar-refractivity contribution in [2.45, 2.75) is 56.5 Å². The van der Waals surface area contributed by atoms with E-state index >= 15 is 0 Å². The second-order valence-corrected chi connectivity index (χ2v) is 12.6. The fourth-order valence-corrected chi connectivity index (χ4v) is 6.69. The second-order valence-electron chi connectivity index (χ2n) is 10.7. The van der Waals surface area contributed by atoms with Gasteiger partial charge < -0.3 is 19.7 Å². The average molecular weight is 608 g/mol. The molecule has 4 rings (SSSR count). The van der Waals surface area contributed by atoms with Crippen molar-refractivity contribution in [3.05, 3.63) is 89.5 Å². The van der Waals surface area contributed by atoms with E-state index in [0.29, 0.717) is 50.5 Å². The molecular formula is C33H41N3O6S. The number of sulfonamides is 1. The van der Waals surface area contributed by atoms with E-state index in [-0.39, 0.29) is 23.1 Å². The first-order valence-corrected chi connectivity index (χ1v) is 16.1. The maximum Gasteiger partial charge on any atom is 0.243 e. The number of rotatable bonds is 14. The summed E-state index contributed by atoms with van der Waals surface area (Å²) < 4.78 is 37.9. The zero-order valence-electron chi connectivity index (χ0n) is 25.1. The lowest BCUT2D eigenvalue weighted by molar-refractivity contribution is -0.140. The van der Waals surface area contributed by atoms with Gasteiger partial charge in [0.1, 0.15) is 6.04 Å². The zero-order chi connectivity index (χ0) is 30.8. The Morgan fingerprint density at radius 2 is 1.51 bits per heavy atom. The van der Waals surface area contributed by atoms with E-state index in [2.05, 4.69) is 5.32 Å². The maximum absolute atomic E-state index is 13.5. The largest absolute Gasteiger partial charge is 0.493 e. The van der Waals surface area contributed by atoms with Crippen LogP contribution in [0, 0.1) is 0 Å². The minimum Gasteiger partial charge on any atom is -0.493 e. The summed E-state index contributed by atoms with van der Waals surface area (Å²) >= 11 is 0. The summed E-state index contributed by atoms with van der Waals surface area (Å²) in [6, 6.07) is 21.3. The number of carbonyl (C=O) groups is 2. The van der Waals surface area contributed by atoms with Crippen LogP contribution in [0.3, 0.4) is 0 Å². The summed E-state index contributed by atoms with van der Waals surface area (Å²) in [4.78, 5) is 28.6. The molecule has 0 saturated carbocycles. The van der Waals surface area contributed by atoms with Gasteiger partial charge in [-0.1, -0.05) is 48.5 Å². The highest BCUT2D eigenvalue weighted by atomic mass is 32.2. The van der Waals surface area contributed by atoms with Gasteiger partial charge in [-0.3, -0.25) is 9.59 Å². The third-order valence-corrected chi connectivity index (χ3v) is 9.69. The average Bonchev–Trinajstić information content (AvgIpc) is 3.59. The Kier molecular flexibility index (Phi) is 11.2. The molecule has 230 valence electrons. The van der Waals surface area contributed by atoms with Gasteiger partial charge in [-0.05, 0) is 73.6 Å². The summed E-state index contributed by atoms with van der Waals surface area (Å²) in [6.07, 6.45) is 2.98. The lowest BCUT2D eigenvalue weighted by Crippen LogP contribution is -2.48. The fourth-order valence-electron chi connectivity index (χ4n) is 5.18. The number of amides is 2. The van der Waals surface area contributed by atoms with Crippen LogP contribution in [0.4, 0.5) is 0 Å². The van der Waals surface area contributed by atoms with Crippen molar-refractivity contribution in [1.82, 2.24) is 14.5 Å². The first kappa shape index (κ1) is 32.0. The number of hydrogen-bond acceptors (Lipinski definition) is 6. The Morgan fingerprint density at radius 3 is 2.16 bits per heavy atom. The van der Waals surface area contributed by atoms with E-state index < -0.39 is 16.1 Å². The van der Waals surface area contributed by atoms with Crippen LogP contribution in [0.1, 0.15) is 42.9 Å². The molecule has 1 heterocycles. The van der Waals surface area contributed by atoms with Crippen LogP contribution in [0.5, 0.6) is 11.5 Å². The van der Waals surface area contributed by atoms with Gasteiger partial charge in [0, 0.05) is 32.6 Å². The van der Waals surface area contributed by atoms with Crippen molar-refractivity contribution in [3.63, 3.8) is 0 Å². The van der Waals surface area contributed by atoms with Crippen molar-refractivity contribution in [2.75, 3.05) is 33.9 Å². The molecule has 0 radical (unpaired) electrons. The summed E-state index contributed by atoms with van der Waals surface area (Å²) in [5, 5.41) is 2.97. The van der Waals surface area contributed by atoms with Crippen LogP contribution >= 0.6 is 0 Å². The lowest BCUT2D eigenvalue weighted by atomic mass is 10.1. The van der Waals surface area contributed by atoms with Crippen LogP contribution in [-0.2, 0) is 39.0 Å². The number of ether oxygens (including phenoxy) is 2. The van der Waals surface area contributed by atoms with E-state index in [1.807, 2.05) is 48.5 Å². The molecule has 0 bridgehead atoms.